The van der Waals surface area contributed by atoms with Gasteiger partial charge >= 0.3 is 0 Å². The predicted octanol–water partition coefficient (Wildman–Crippen LogP) is 5.84. The Hall–Kier alpha value is -4.29. The minimum atomic E-state index is -0.972. The number of rotatable bonds is 4. The highest BCUT2D eigenvalue weighted by atomic mass is 16.1. The molecule has 0 saturated heterocycles. The highest BCUT2D eigenvalue weighted by Gasteiger charge is 2.46. The third-order valence-electron chi connectivity index (χ3n) is 5.99. The number of carbonyl (C=O) groups excluding carboxylic acids is 1. The first-order valence-electron chi connectivity index (χ1n) is 10.5. The highest BCUT2D eigenvalue weighted by molar-refractivity contribution is 6.52. The van der Waals surface area contributed by atoms with E-state index in [4.69, 9.17) is 4.99 Å². The number of Topliss-reactive ketones (excluding diaryl/α,β-unsaturated/α-hetero) is 1. The van der Waals surface area contributed by atoms with Crippen molar-refractivity contribution in [3.63, 3.8) is 0 Å². The van der Waals surface area contributed by atoms with Gasteiger partial charge in [-0.05, 0) is 24.1 Å². The van der Waals surface area contributed by atoms with Gasteiger partial charge in [0.1, 0.15) is 11.3 Å². The zero-order valence-electron chi connectivity index (χ0n) is 17.6. The number of carbonyl (C=O) groups is 1. The lowest BCUT2D eigenvalue weighted by atomic mass is 9.75. The summed E-state index contributed by atoms with van der Waals surface area (Å²) in [7, 11) is 0. The van der Waals surface area contributed by atoms with Crippen LogP contribution in [0, 0.1) is 18.3 Å². The van der Waals surface area contributed by atoms with E-state index in [2.05, 4.69) is 6.07 Å². The molecule has 0 radical (unpaired) electrons. The van der Waals surface area contributed by atoms with Crippen LogP contribution in [0.25, 0.3) is 0 Å². The largest absolute Gasteiger partial charge is 0.287 e. The first-order chi connectivity index (χ1) is 15.6. The summed E-state index contributed by atoms with van der Waals surface area (Å²) in [5, 5.41) is 10.0. The number of hydrogen-bond donors (Lipinski definition) is 0. The van der Waals surface area contributed by atoms with Gasteiger partial charge in [0.15, 0.2) is 0 Å². The van der Waals surface area contributed by atoms with E-state index in [0.717, 1.165) is 22.3 Å². The number of nitriles is 1. The van der Waals surface area contributed by atoms with Crippen LogP contribution in [-0.4, -0.2) is 11.5 Å². The van der Waals surface area contributed by atoms with Gasteiger partial charge in [-0.1, -0.05) is 103 Å². The molecule has 3 nitrogen and oxygen atoms in total. The fourth-order valence-corrected chi connectivity index (χ4v) is 4.47. The van der Waals surface area contributed by atoms with E-state index in [0.29, 0.717) is 22.4 Å². The van der Waals surface area contributed by atoms with Crippen LogP contribution in [0.3, 0.4) is 0 Å². The molecule has 0 amide bonds. The monoisotopic (exact) mass is 412 g/mol. The lowest BCUT2D eigenvalue weighted by Crippen LogP contribution is -2.26. The summed E-state index contributed by atoms with van der Waals surface area (Å²) in [5.74, 6) is -0.143. The molecule has 1 aliphatic heterocycles. The number of benzene rings is 4. The molecule has 4 aromatic carbocycles. The average Bonchev–Trinajstić information content (AvgIpc) is 3.22. The maximum Gasteiger partial charge on any atom is 0.211 e. The summed E-state index contributed by atoms with van der Waals surface area (Å²) in [6.07, 6.45) is 0. The van der Waals surface area contributed by atoms with Crippen molar-refractivity contribution in [3.05, 3.63) is 142 Å². The zero-order valence-corrected chi connectivity index (χ0v) is 17.6. The smallest absolute Gasteiger partial charge is 0.211 e. The van der Waals surface area contributed by atoms with E-state index in [1.165, 1.54) is 0 Å². The Bertz CT molecular complexity index is 1340. The Kier molecular flexibility index (Phi) is 4.77. The van der Waals surface area contributed by atoms with E-state index in [9.17, 15) is 10.1 Å². The number of ketones is 1. The molecule has 0 aromatic heterocycles. The van der Waals surface area contributed by atoms with Crippen molar-refractivity contribution >= 4 is 11.5 Å². The molecular weight excluding hydrogens is 392 g/mol. The van der Waals surface area contributed by atoms with Gasteiger partial charge in [0.25, 0.3) is 0 Å². The van der Waals surface area contributed by atoms with Crippen molar-refractivity contribution in [2.24, 2.45) is 4.99 Å². The number of nitrogens with zero attached hydrogens (tertiary/aromatic N) is 2. The maximum absolute atomic E-state index is 13.7. The van der Waals surface area contributed by atoms with Crippen LogP contribution in [0.1, 0.15) is 43.7 Å². The maximum atomic E-state index is 13.7. The summed E-state index contributed by atoms with van der Waals surface area (Å²) in [6, 6.07) is 35.2. The normalized spacial score (nSPS) is 13.7. The molecule has 1 heterocycles. The Labute approximate surface area is 187 Å². The summed E-state index contributed by atoms with van der Waals surface area (Å²) < 4.78 is 0. The quantitative estimate of drug-likeness (QED) is 0.395. The topological polar surface area (TPSA) is 53.2 Å². The van der Waals surface area contributed by atoms with Crippen molar-refractivity contribution in [1.29, 1.82) is 5.26 Å². The Morgan fingerprint density at radius 1 is 0.781 bits per heavy atom. The van der Waals surface area contributed by atoms with Crippen molar-refractivity contribution < 1.29 is 4.79 Å². The number of hydrogen-bond acceptors (Lipinski definition) is 3. The second kappa shape index (κ2) is 7.76. The molecule has 0 fully saturated rings. The van der Waals surface area contributed by atoms with Gasteiger partial charge in [-0.25, -0.2) is 0 Å². The molecule has 0 N–H and O–H groups in total. The number of fused-ring (bicyclic) bond motifs is 1. The molecule has 0 bridgehead atoms. The highest BCUT2D eigenvalue weighted by Crippen LogP contribution is 2.48. The van der Waals surface area contributed by atoms with Gasteiger partial charge in [0.2, 0.25) is 5.78 Å². The van der Waals surface area contributed by atoms with Crippen molar-refractivity contribution in [1.82, 2.24) is 0 Å². The second-order valence-electron chi connectivity index (χ2n) is 7.94. The summed E-state index contributed by atoms with van der Waals surface area (Å²) >= 11 is 0. The van der Waals surface area contributed by atoms with Crippen LogP contribution in [0.4, 0.5) is 0 Å². The van der Waals surface area contributed by atoms with Gasteiger partial charge in [0.05, 0.1) is 11.6 Å². The fourth-order valence-electron chi connectivity index (χ4n) is 4.47. The predicted molar refractivity (Wildman–Crippen MR) is 126 cm³/mol. The minimum Gasteiger partial charge on any atom is -0.287 e. The van der Waals surface area contributed by atoms with Crippen LogP contribution >= 0.6 is 0 Å². The second-order valence-corrected chi connectivity index (χ2v) is 7.94. The molecule has 0 aliphatic carbocycles. The van der Waals surface area contributed by atoms with E-state index in [-0.39, 0.29) is 5.78 Å². The third kappa shape index (κ3) is 2.97. The lowest BCUT2D eigenvalue weighted by molar-refractivity contribution is 0.106. The van der Waals surface area contributed by atoms with Crippen molar-refractivity contribution in [2.75, 3.05) is 0 Å². The molecular formula is C29H20N2O. The van der Waals surface area contributed by atoms with Gasteiger partial charge < -0.3 is 0 Å². The van der Waals surface area contributed by atoms with Crippen LogP contribution < -0.4 is 0 Å². The van der Waals surface area contributed by atoms with Gasteiger partial charge in [-0.3, -0.25) is 9.79 Å². The average molecular weight is 412 g/mol. The molecule has 0 atom stereocenters. The third-order valence-corrected chi connectivity index (χ3v) is 5.99. The molecule has 0 saturated carbocycles. The van der Waals surface area contributed by atoms with E-state index in [1.54, 1.807) is 6.07 Å². The lowest BCUT2D eigenvalue weighted by Gasteiger charge is -2.30. The van der Waals surface area contributed by atoms with E-state index in [1.807, 2.05) is 104 Å². The Morgan fingerprint density at radius 2 is 1.38 bits per heavy atom. The summed E-state index contributed by atoms with van der Waals surface area (Å²) in [6.45, 7) is 1.99. The van der Waals surface area contributed by atoms with E-state index >= 15 is 0 Å². The number of aliphatic imine (C=N–C) groups is 1. The van der Waals surface area contributed by atoms with Crippen molar-refractivity contribution in [2.45, 2.75) is 12.5 Å². The zero-order chi connectivity index (χ0) is 22.1. The molecule has 0 spiro atoms. The molecule has 4 aromatic rings. The van der Waals surface area contributed by atoms with Crippen LogP contribution in [-0.2, 0) is 5.54 Å². The van der Waals surface area contributed by atoms with E-state index < -0.39 is 5.54 Å². The minimum absolute atomic E-state index is 0.143. The molecule has 0 unspecified atom stereocenters. The summed E-state index contributed by atoms with van der Waals surface area (Å²) in [5.41, 5.74) is 4.91. The molecule has 32 heavy (non-hydrogen) atoms. The van der Waals surface area contributed by atoms with Gasteiger partial charge in [-0.2, -0.15) is 5.26 Å². The fraction of sp³-hybridized carbons (Fsp3) is 0.0690. The van der Waals surface area contributed by atoms with Crippen LogP contribution in [0.15, 0.2) is 108 Å². The van der Waals surface area contributed by atoms with Crippen molar-refractivity contribution in [3.8, 4) is 6.07 Å². The Balaban J connectivity index is 1.85. The standard InChI is InChI=1S/C29H20N2O/c1-20-15-17-21(18-16-20)28(32)27-25-14-8-9-22(19-30)26(25)29(31-27,23-10-4-2-5-11-23)24-12-6-3-7-13-24/h2-18H,1H3. The summed E-state index contributed by atoms with van der Waals surface area (Å²) in [4.78, 5) is 18.8. The first-order valence-corrected chi connectivity index (χ1v) is 10.5. The van der Waals surface area contributed by atoms with Crippen LogP contribution in [0.2, 0.25) is 0 Å². The molecule has 1 aliphatic rings. The van der Waals surface area contributed by atoms with Gasteiger partial charge in [0, 0.05) is 16.7 Å². The molecule has 5 rings (SSSR count). The molecule has 152 valence electrons. The Morgan fingerprint density at radius 3 is 1.94 bits per heavy atom. The van der Waals surface area contributed by atoms with Gasteiger partial charge in [-0.15, -0.1) is 0 Å². The van der Waals surface area contributed by atoms with Crippen LogP contribution in [0.5, 0.6) is 0 Å². The first kappa shape index (κ1) is 19.7. The molecule has 3 heteroatoms. The SMILES string of the molecule is Cc1ccc(C(=O)C2=NC(c3ccccc3)(c3ccccc3)c3c(C#N)cccc32)cc1. The number of aryl methyl sites for hydroxylation is 1.